The summed E-state index contributed by atoms with van der Waals surface area (Å²) in [5, 5.41) is 0. The molecule has 0 saturated heterocycles. The Morgan fingerprint density at radius 3 is 2.37 bits per heavy atom. The average Bonchev–Trinajstić information content (AvgIpc) is 3.18. The van der Waals surface area contributed by atoms with Gasteiger partial charge in [0.1, 0.15) is 0 Å². The van der Waals surface area contributed by atoms with Gasteiger partial charge in [0.15, 0.2) is 11.2 Å². The molecule has 0 aliphatic carbocycles. The number of hydrogen-bond donors (Lipinski definition) is 0. The Balaban J connectivity index is 2.05. The quantitative estimate of drug-likeness (QED) is 0.522. The first kappa shape index (κ1) is 20.2. The van der Waals surface area contributed by atoms with Crippen LogP contribution in [0.1, 0.15) is 41.9 Å². The third-order valence-corrected chi connectivity index (χ3v) is 6.01. The van der Waals surface area contributed by atoms with Gasteiger partial charge in [-0.25, -0.2) is 4.79 Å². The van der Waals surface area contributed by atoms with Gasteiger partial charge in [-0.1, -0.05) is 37.6 Å². The van der Waals surface area contributed by atoms with E-state index >= 15 is 0 Å². The van der Waals surface area contributed by atoms with Gasteiger partial charge in [0.2, 0.25) is 5.78 Å². The van der Waals surface area contributed by atoms with Crippen molar-refractivity contribution in [2.24, 2.45) is 13.0 Å². The van der Waals surface area contributed by atoms with Crippen molar-refractivity contribution in [1.82, 2.24) is 23.1 Å². The van der Waals surface area contributed by atoms with Crippen molar-refractivity contribution in [2.45, 2.75) is 54.6 Å². The van der Waals surface area contributed by atoms with E-state index in [2.05, 4.69) is 25.3 Å². The molecule has 0 N–H and O–H groups in total. The number of aromatic nitrogens is 5. The van der Waals surface area contributed by atoms with Gasteiger partial charge in [0.25, 0.3) is 5.56 Å². The molecule has 0 atom stereocenters. The first-order valence-corrected chi connectivity index (χ1v) is 10.4. The van der Waals surface area contributed by atoms with Gasteiger partial charge >= 0.3 is 5.69 Å². The highest BCUT2D eigenvalue weighted by molar-refractivity contribution is 5.76. The average molecular weight is 408 g/mol. The summed E-state index contributed by atoms with van der Waals surface area (Å²) in [6.07, 6.45) is 0. The highest BCUT2D eigenvalue weighted by atomic mass is 16.2. The van der Waals surface area contributed by atoms with Crippen molar-refractivity contribution in [3.05, 3.63) is 67.1 Å². The lowest BCUT2D eigenvalue weighted by molar-refractivity contribution is 0.524. The fraction of sp³-hybridized carbons (Fsp3) is 0.435. The van der Waals surface area contributed by atoms with E-state index in [1.54, 1.807) is 7.05 Å². The summed E-state index contributed by atoms with van der Waals surface area (Å²) >= 11 is 0. The number of hydrogen-bond acceptors (Lipinski definition) is 3. The maximum Gasteiger partial charge on any atom is 0.332 e. The van der Waals surface area contributed by atoms with Gasteiger partial charge in [-0.2, -0.15) is 4.98 Å². The van der Waals surface area contributed by atoms with Gasteiger partial charge < -0.3 is 4.57 Å². The van der Waals surface area contributed by atoms with Crippen LogP contribution in [0.2, 0.25) is 0 Å². The minimum absolute atomic E-state index is 0.243. The minimum Gasteiger partial charge on any atom is -0.314 e. The van der Waals surface area contributed by atoms with E-state index in [9.17, 15) is 9.59 Å². The van der Waals surface area contributed by atoms with Crippen LogP contribution in [0, 0.1) is 33.6 Å². The molecule has 1 aromatic carbocycles. The van der Waals surface area contributed by atoms with Crippen LogP contribution in [-0.2, 0) is 20.1 Å². The molecule has 0 aliphatic heterocycles. The van der Waals surface area contributed by atoms with E-state index in [0.717, 1.165) is 34.6 Å². The monoisotopic (exact) mass is 407 g/mol. The molecule has 0 radical (unpaired) electrons. The number of imidazole rings is 2. The van der Waals surface area contributed by atoms with Crippen LogP contribution in [0.3, 0.4) is 0 Å². The zero-order valence-electron chi connectivity index (χ0n) is 18.8. The smallest absolute Gasteiger partial charge is 0.314 e. The summed E-state index contributed by atoms with van der Waals surface area (Å²) in [6, 6.07) is 6.09. The second-order valence-corrected chi connectivity index (χ2v) is 8.76. The first-order chi connectivity index (χ1) is 14.1. The molecule has 0 spiro atoms. The second kappa shape index (κ2) is 7.00. The van der Waals surface area contributed by atoms with Gasteiger partial charge in [0, 0.05) is 25.0 Å². The van der Waals surface area contributed by atoms with Gasteiger partial charge in [-0.3, -0.25) is 18.3 Å². The molecule has 0 saturated carbocycles. The molecule has 0 unspecified atom stereocenters. The van der Waals surface area contributed by atoms with Crippen LogP contribution in [0.5, 0.6) is 0 Å². The van der Waals surface area contributed by atoms with Crippen LogP contribution in [0.25, 0.3) is 16.9 Å². The molecule has 0 bridgehead atoms. The molecule has 7 nitrogen and oxygen atoms in total. The fourth-order valence-electron chi connectivity index (χ4n) is 4.18. The molecule has 3 heterocycles. The zero-order chi connectivity index (χ0) is 21.9. The van der Waals surface area contributed by atoms with Crippen molar-refractivity contribution in [2.75, 3.05) is 0 Å². The summed E-state index contributed by atoms with van der Waals surface area (Å²) < 4.78 is 6.86. The summed E-state index contributed by atoms with van der Waals surface area (Å²) in [7, 11) is 1.69. The number of rotatable bonds is 4. The summed E-state index contributed by atoms with van der Waals surface area (Å²) in [5.41, 5.74) is 5.43. The standard InChI is InChI=1S/C23H29N5O2/c1-13(2)11-26-16(5)17(6)28-19-20(24-22(26)28)25(7)23(30)27(21(19)29)12-18-10-14(3)8-9-15(18)4/h8-10,13H,11-12H2,1-7H3. The molecule has 4 rings (SSSR count). The summed E-state index contributed by atoms with van der Waals surface area (Å²) in [6.45, 7) is 13.4. The summed E-state index contributed by atoms with van der Waals surface area (Å²) in [4.78, 5) is 31.4. The van der Waals surface area contributed by atoms with Crippen LogP contribution >= 0.6 is 0 Å². The Hall–Kier alpha value is -3.09. The molecular formula is C23H29N5O2. The first-order valence-electron chi connectivity index (χ1n) is 10.4. The van der Waals surface area contributed by atoms with Crippen molar-refractivity contribution in [3.63, 3.8) is 0 Å². The number of nitrogens with zero attached hydrogens (tertiary/aromatic N) is 5. The fourth-order valence-corrected chi connectivity index (χ4v) is 4.18. The molecule has 0 fully saturated rings. The normalized spacial score (nSPS) is 12.0. The lowest BCUT2D eigenvalue weighted by atomic mass is 10.1. The second-order valence-electron chi connectivity index (χ2n) is 8.76. The Morgan fingerprint density at radius 2 is 1.70 bits per heavy atom. The third-order valence-electron chi connectivity index (χ3n) is 6.01. The lowest BCUT2D eigenvalue weighted by Gasteiger charge is -2.11. The van der Waals surface area contributed by atoms with Crippen LogP contribution in [0.15, 0.2) is 27.8 Å². The summed E-state index contributed by atoms with van der Waals surface area (Å²) in [5.74, 6) is 1.15. The number of fused-ring (bicyclic) bond motifs is 3. The Bertz CT molecular complexity index is 1410. The van der Waals surface area contributed by atoms with Crippen LogP contribution in [0.4, 0.5) is 0 Å². The van der Waals surface area contributed by atoms with Crippen molar-refractivity contribution < 1.29 is 0 Å². The third kappa shape index (κ3) is 2.91. The maximum atomic E-state index is 13.6. The molecule has 0 aliphatic rings. The predicted molar refractivity (Wildman–Crippen MR) is 120 cm³/mol. The van der Waals surface area contributed by atoms with Gasteiger partial charge in [0.05, 0.1) is 6.54 Å². The molecular weight excluding hydrogens is 378 g/mol. The molecule has 3 aromatic heterocycles. The zero-order valence-corrected chi connectivity index (χ0v) is 18.8. The predicted octanol–water partition coefficient (Wildman–Crippen LogP) is 3.09. The van der Waals surface area contributed by atoms with Crippen molar-refractivity contribution >= 4 is 16.9 Å². The molecule has 30 heavy (non-hydrogen) atoms. The van der Waals surface area contributed by atoms with E-state index in [1.165, 1.54) is 9.13 Å². The molecule has 7 heteroatoms. The van der Waals surface area contributed by atoms with E-state index in [4.69, 9.17) is 4.98 Å². The van der Waals surface area contributed by atoms with Crippen LogP contribution < -0.4 is 11.2 Å². The topological polar surface area (TPSA) is 66.2 Å². The van der Waals surface area contributed by atoms with Crippen LogP contribution in [-0.4, -0.2) is 23.1 Å². The number of aryl methyl sites for hydroxylation is 4. The van der Waals surface area contributed by atoms with Gasteiger partial charge in [-0.15, -0.1) is 0 Å². The number of benzene rings is 1. The van der Waals surface area contributed by atoms with E-state index in [1.807, 2.05) is 43.4 Å². The maximum absolute atomic E-state index is 13.6. The largest absolute Gasteiger partial charge is 0.332 e. The highest BCUT2D eigenvalue weighted by Crippen LogP contribution is 2.22. The van der Waals surface area contributed by atoms with Crippen molar-refractivity contribution in [3.8, 4) is 0 Å². The lowest BCUT2D eigenvalue weighted by Crippen LogP contribution is -2.39. The minimum atomic E-state index is -0.348. The van der Waals surface area contributed by atoms with E-state index < -0.39 is 0 Å². The Morgan fingerprint density at radius 1 is 1.00 bits per heavy atom. The van der Waals surface area contributed by atoms with Gasteiger partial charge in [-0.05, 0) is 44.7 Å². The highest BCUT2D eigenvalue weighted by Gasteiger charge is 2.23. The van der Waals surface area contributed by atoms with E-state index in [0.29, 0.717) is 22.9 Å². The molecule has 158 valence electrons. The Kier molecular flexibility index (Phi) is 4.71. The Labute approximate surface area is 175 Å². The molecule has 0 amide bonds. The molecule has 4 aromatic rings. The van der Waals surface area contributed by atoms with Crippen molar-refractivity contribution in [1.29, 1.82) is 0 Å². The SMILES string of the molecule is Cc1ccc(C)c(Cn2c(=O)c3c(nc4n(CC(C)C)c(C)c(C)n34)n(C)c2=O)c1. The van der Waals surface area contributed by atoms with E-state index in [-0.39, 0.29) is 17.8 Å².